The van der Waals surface area contributed by atoms with Crippen molar-refractivity contribution in [2.45, 2.75) is 23.1 Å². The van der Waals surface area contributed by atoms with E-state index in [1.54, 1.807) is 31.2 Å². The van der Waals surface area contributed by atoms with Gasteiger partial charge < -0.3 is 14.8 Å². The van der Waals surface area contributed by atoms with Crippen molar-refractivity contribution < 1.29 is 24.2 Å². The number of phenolic OH excluding ortho intramolecular Hbond substituents is 1. The summed E-state index contributed by atoms with van der Waals surface area (Å²) in [5, 5.41) is 9.58. The molecule has 3 aromatic rings. The highest BCUT2D eigenvalue weighted by atomic mass is 32.2. The molecular weight excluding hydrogens is 464 g/mol. The Kier molecular flexibility index (Phi) is 5.34. The zero-order chi connectivity index (χ0) is 23.3. The number of hydrogen-bond donors (Lipinski definition) is 2. The summed E-state index contributed by atoms with van der Waals surface area (Å²) in [5.41, 5.74) is 1.43. The average Bonchev–Trinajstić information content (AvgIpc) is 3.29. The van der Waals surface area contributed by atoms with E-state index in [1.807, 2.05) is 0 Å². The Morgan fingerprint density at radius 1 is 1.06 bits per heavy atom. The number of esters is 1. The molecule has 0 aliphatic carbocycles. The highest BCUT2D eigenvalue weighted by Crippen LogP contribution is 2.53. The number of fused-ring (bicyclic) bond motifs is 2. The Morgan fingerprint density at radius 3 is 2.42 bits per heavy atom. The van der Waals surface area contributed by atoms with Crippen molar-refractivity contribution in [2.75, 3.05) is 11.5 Å². The van der Waals surface area contributed by atoms with Gasteiger partial charge in [-0.1, -0.05) is 35.2 Å². The van der Waals surface area contributed by atoms with Crippen LogP contribution in [0.4, 0.5) is 5.69 Å². The van der Waals surface area contributed by atoms with E-state index in [2.05, 4.69) is 4.98 Å². The third-order valence-electron chi connectivity index (χ3n) is 5.71. The van der Waals surface area contributed by atoms with Gasteiger partial charge in [-0.05, 0) is 48.9 Å². The summed E-state index contributed by atoms with van der Waals surface area (Å²) in [6.07, 6.45) is 0. The van der Waals surface area contributed by atoms with Gasteiger partial charge in [0.1, 0.15) is 11.0 Å². The van der Waals surface area contributed by atoms with Crippen LogP contribution in [0.25, 0.3) is 0 Å². The molecule has 10 heteroatoms. The lowest BCUT2D eigenvalue weighted by molar-refractivity contribution is -0.122. The number of hydrogen-bond acceptors (Lipinski definition) is 8. The Balaban J connectivity index is 1.54. The van der Waals surface area contributed by atoms with Gasteiger partial charge in [0.2, 0.25) is 11.8 Å². The van der Waals surface area contributed by atoms with Crippen molar-refractivity contribution in [3.05, 3.63) is 74.2 Å². The number of nitrogens with zero attached hydrogens (tertiary/aromatic N) is 1. The van der Waals surface area contributed by atoms with Crippen molar-refractivity contribution in [1.82, 2.24) is 4.98 Å². The number of aromatic hydroxyl groups is 1. The third kappa shape index (κ3) is 3.55. The fourth-order valence-electron chi connectivity index (χ4n) is 4.27. The Labute approximate surface area is 196 Å². The standard InChI is InChI=1S/C23H18N2O6S2/c1-2-31-22(29)12-3-7-13(8-4-12)25-20(27)16-15(11-5-9-14(26)10-6-11)17-19(24-23(30)33-17)32-18(16)21(25)28/h3-10,15-16,18,26H,2H2,1H3,(H,24,30)/t15-,16?,18?/m1/s1. The number of aromatic nitrogens is 1. The molecule has 2 aromatic carbocycles. The molecule has 8 nitrogen and oxygen atoms in total. The number of thiazole rings is 1. The highest BCUT2D eigenvalue weighted by molar-refractivity contribution is 8.00. The third-order valence-corrected chi connectivity index (χ3v) is 8.11. The second-order valence-electron chi connectivity index (χ2n) is 7.62. The first kappa shape index (κ1) is 21.5. The number of thioether (sulfide) groups is 1. The summed E-state index contributed by atoms with van der Waals surface area (Å²) >= 11 is 2.22. The maximum atomic E-state index is 13.6. The summed E-state index contributed by atoms with van der Waals surface area (Å²) < 4.78 is 4.99. The fraction of sp³-hybridized carbons (Fsp3) is 0.217. The zero-order valence-electron chi connectivity index (χ0n) is 17.3. The number of imide groups is 1. The predicted molar refractivity (Wildman–Crippen MR) is 123 cm³/mol. The number of phenols is 1. The lowest BCUT2D eigenvalue weighted by atomic mass is 9.83. The van der Waals surface area contributed by atoms with Gasteiger partial charge in [-0.2, -0.15) is 0 Å². The lowest BCUT2D eigenvalue weighted by Crippen LogP contribution is -2.32. The number of H-pyrrole nitrogens is 1. The lowest BCUT2D eigenvalue weighted by Gasteiger charge is -2.29. The Morgan fingerprint density at radius 2 is 1.76 bits per heavy atom. The van der Waals surface area contributed by atoms with Crippen LogP contribution >= 0.6 is 23.1 Å². The van der Waals surface area contributed by atoms with Crippen LogP contribution in [-0.2, 0) is 14.3 Å². The number of benzene rings is 2. The first-order valence-corrected chi connectivity index (χ1v) is 11.9. The first-order valence-electron chi connectivity index (χ1n) is 10.2. The van der Waals surface area contributed by atoms with Crippen LogP contribution in [0.2, 0.25) is 0 Å². The summed E-state index contributed by atoms with van der Waals surface area (Å²) in [4.78, 5) is 55.4. The largest absolute Gasteiger partial charge is 0.508 e. The second-order valence-corrected chi connectivity index (χ2v) is 9.79. The topological polar surface area (TPSA) is 117 Å². The van der Waals surface area contributed by atoms with Crippen molar-refractivity contribution >= 4 is 46.6 Å². The van der Waals surface area contributed by atoms with E-state index in [9.17, 15) is 24.3 Å². The highest BCUT2D eigenvalue weighted by Gasteiger charge is 2.56. The number of amides is 2. The fourth-order valence-corrected chi connectivity index (χ4v) is 6.79. The number of rotatable bonds is 4. The molecule has 0 radical (unpaired) electrons. The zero-order valence-corrected chi connectivity index (χ0v) is 18.9. The van der Waals surface area contributed by atoms with Gasteiger partial charge in [-0.25, -0.2) is 9.69 Å². The van der Waals surface area contributed by atoms with Crippen molar-refractivity contribution in [1.29, 1.82) is 0 Å². The minimum Gasteiger partial charge on any atom is -0.508 e. The van der Waals surface area contributed by atoms with Gasteiger partial charge in [0, 0.05) is 10.8 Å². The van der Waals surface area contributed by atoms with Gasteiger partial charge in [-0.3, -0.25) is 14.4 Å². The molecule has 1 aromatic heterocycles. The Hall–Kier alpha value is -3.37. The van der Waals surface area contributed by atoms with Crippen LogP contribution in [0.5, 0.6) is 5.75 Å². The van der Waals surface area contributed by atoms with E-state index < -0.39 is 23.1 Å². The predicted octanol–water partition coefficient (Wildman–Crippen LogP) is 3.11. The molecule has 168 valence electrons. The molecule has 2 amide bonds. The molecule has 0 bridgehead atoms. The van der Waals surface area contributed by atoms with E-state index in [0.717, 1.165) is 21.8 Å². The van der Waals surface area contributed by atoms with Crippen molar-refractivity contribution in [3.63, 3.8) is 0 Å². The van der Waals surface area contributed by atoms with Gasteiger partial charge in [0.05, 0.1) is 28.8 Å². The number of aromatic amines is 1. The molecule has 1 saturated heterocycles. The molecule has 0 saturated carbocycles. The van der Waals surface area contributed by atoms with Crippen molar-refractivity contribution in [3.8, 4) is 5.75 Å². The molecule has 5 rings (SSSR count). The van der Waals surface area contributed by atoms with Crippen LogP contribution in [0.1, 0.15) is 33.6 Å². The molecule has 2 aliphatic heterocycles. The second kappa shape index (κ2) is 8.20. The normalized spacial score (nSPS) is 21.6. The van der Waals surface area contributed by atoms with Gasteiger partial charge in [0.25, 0.3) is 0 Å². The van der Waals surface area contributed by atoms with Crippen LogP contribution in [0.15, 0.2) is 58.4 Å². The van der Waals surface area contributed by atoms with E-state index >= 15 is 0 Å². The summed E-state index contributed by atoms with van der Waals surface area (Å²) in [7, 11) is 0. The minimum atomic E-state index is -0.712. The summed E-state index contributed by atoms with van der Waals surface area (Å²) in [5.74, 6) is -2.36. The minimum absolute atomic E-state index is 0.0834. The molecule has 2 unspecified atom stereocenters. The number of anilines is 1. The maximum Gasteiger partial charge on any atom is 0.338 e. The van der Waals surface area contributed by atoms with Gasteiger partial charge in [-0.15, -0.1) is 0 Å². The quantitative estimate of drug-likeness (QED) is 0.433. The van der Waals surface area contributed by atoms with Gasteiger partial charge in [0.15, 0.2) is 0 Å². The molecule has 2 aliphatic rings. The number of carbonyl (C=O) groups is 3. The van der Waals surface area contributed by atoms with Crippen LogP contribution in [0.3, 0.4) is 0 Å². The summed E-state index contributed by atoms with van der Waals surface area (Å²) in [6, 6.07) is 12.6. The van der Waals surface area contributed by atoms with E-state index in [1.165, 1.54) is 36.0 Å². The van der Waals surface area contributed by atoms with E-state index in [4.69, 9.17) is 4.74 Å². The molecule has 0 spiro atoms. The molecule has 3 heterocycles. The van der Waals surface area contributed by atoms with Crippen LogP contribution in [-0.4, -0.2) is 39.7 Å². The monoisotopic (exact) mass is 482 g/mol. The average molecular weight is 483 g/mol. The number of ether oxygens (including phenoxy) is 1. The molecule has 1 fully saturated rings. The number of nitrogens with one attached hydrogen (secondary N) is 1. The van der Waals surface area contributed by atoms with Gasteiger partial charge >= 0.3 is 10.8 Å². The van der Waals surface area contributed by atoms with E-state index in [0.29, 0.717) is 21.2 Å². The molecule has 33 heavy (non-hydrogen) atoms. The summed E-state index contributed by atoms with van der Waals surface area (Å²) in [6.45, 7) is 1.96. The van der Waals surface area contributed by atoms with E-state index in [-0.39, 0.29) is 29.0 Å². The van der Waals surface area contributed by atoms with Crippen molar-refractivity contribution in [2.24, 2.45) is 5.92 Å². The molecule has 2 N–H and O–H groups in total. The number of carbonyl (C=O) groups excluding carboxylic acids is 3. The molecular formula is C23H18N2O6S2. The maximum absolute atomic E-state index is 13.6. The smallest absolute Gasteiger partial charge is 0.338 e. The molecule has 3 atom stereocenters. The van der Waals surface area contributed by atoms with Crippen LogP contribution in [0, 0.1) is 5.92 Å². The van der Waals surface area contributed by atoms with Crippen LogP contribution < -0.4 is 9.77 Å². The SMILES string of the molecule is CCOC(=O)c1ccc(N2C(=O)C3Sc4[nH]c(=O)sc4[C@H](c4ccc(O)cc4)C3C2=O)cc1. The first-order chi connectivity index (χ1) is 15.9. The Bertz CT molecular complexity index is 1310.